The lowest BCUT2D eigenvalue weighted by molar-refractivity contribution is 0.159. The number of aliphatic hydroxyl groups excluding tert-OH is 1. The summed E-state index contributed by atoms with van der Waals surface area (Å²) in [5.74, 6) is -1.24. The van der Waals surface area contributed by atoms with Crippen molar-refractivity contribution in [3.8, 4) is 0 Å². The smallest absolute Gasteiger partial charge is 0.147 e. The summed E-state index contributed by atoms with van der Waals surface area (Å²) in [6.07, 6.45) is 1.06. The van der Waals surface area contributed by atoms with E-state index in [0.717, 1.165) is 24.5 Å². The van der Waals surface area contributed by atoms with Crippen molar-refractivity contribution in [3.63, 3.8) is 0 Å². The maximum atomic E-state index is 13.3. The molecule has 0 heterocycles. The zero-order valence-corrected chi connectivity index (χ0v) is 10.9. The van der Waals surface area contributed by atoms with E-state index in [1.165, 1.54) is 0 Å². The Bertz CT molecular complexity index is 500. The predicted octanol–water partition coefficient (Wildman–Crippen LogP) is 2.21. The van der Waals surface area contributed by atoms with Crippen LogP contribution in [-0.4, -0.2) is 25.5 Å². The van der Waals surface area contributed by atoms with Crippen molar-refractivity contribution < 1.29 is 22.3 Å². The second-order valence-electron chi connectivity index (χ2n) is 4.31. The fourth-order valence-electron chi connectivity index (χ4n) is 1.63. The van der Waals surface area contributed by atoms with Crippen LogP contribution in [0.3, 0.4) is 0 Å². The Kier molecular flexibility index (Phi) is 5.22. The van der Waals surface area contributed by atoms with Gasteiger partial charge >= 0.3 is 0 Å². The second-order valence-corrected chi connectivity index (χ2v) is 6.57. The average Bonchev–Trinajstić information content (AvgIpc) is 2.26. The maximum Gasteiger partial charge on any atom is 0.147 e. The van der Waals surface area contributed by atoms with E-state index in [0.29, 0.717) is 12.8 Å². The van der Waals surface area contributed by atoms with Crippen molar-refractivity contribution in [2.24, 2.45) is 0 Å². The van der Waals surface area contributed by atoms with Crippen molar-refractivity contribution >= 4 is 9.84 Å². The van der Waals surface area contributed by atoms with Gasteiger partial charge in [0.25, 0.3) is 0 Å². The zero-order valence-electron chi connectivity index (χ0n) is 10.1. The molecule has 0 fully saturated rings. The second kappa shape index (κ2) is 6.24. The first kappa shape index (κ1) is 15.0. The van der Waals surface area contributed by atoms with Crippen molar-refractivity contribution in [2.75, 3.05) is 12.0 Å². The number of aliphatic hydroxyl groups is 1. The number of hydrogen-bond acceptors (Lipinski definition) is 3. The zero-order chi connectivity index (χ0) is 13.8. The molecule has 0 aliphatic carbocycles. The summed E-state index contributed by atoms with van der Waals surface area (Å²) in [6.45, 7) is 0. The molecule has 0 saturated carbocycles. The van der Waals surface area contributed by atoms with Gasteiger partial charge in [-0.05, 0) is 37.5 Å². The van der Waals surface area contributed by atoms with Crippen molar-refractivity contribution in [1.82, 2.24) is 0 Å². The number of sulfone groups is 1. The van der Waals surface area contributed by atoms with Gasteiger partial charge in [0.2, 0.25) is 0 Å². The van der Waals surface area contributed by atoms with E-state index in [2.05, 4.69) is 0 Å². The summed E-state index contributed by atoms with van der Waals surface area (Å²) in [6, 6.07) is 2.90. The van der Waals surface area contributed by atoms with E-state index >= 15 is 0 Å². The first-order valence-corrected chi connectivity index (χ1v) is 7.66. The Morgan fingerprint density at radius 1 is 1.28 bits per heavy atom. The van der Waals surface area contributed by atoms with Crippen LogP contribution < -0.4 is 0 Å². The van der Waals surface area contributed by atoms with E-state index in [-0.39, 0.29) is 17.7 Å². The largest absolute Gasteiger partial charge is 0.388 e. The molecule has 1 atom stereocenters. The van der Waals surface area contributed by atoms with Crippen molar-refractivity contribution in [1.29, 1.82) is 0 Å². The maximum absolute atomic E-state index is 13.3. The molecule has 0 aliphatic rings. The van der Waals surface area contributed by atoms with Crippen LogP contribution in [0.15, 0.2) is 18.2 Å². The molecule has 1 aromatic carbocycles. The highest BCUT2D eigenvalue weighted by atomic mass is 32.2. The van der Waals surface area contributed by atoms with Crippen LogP contribution in [0.2, 0.25) is 0 Å². The highest BCUT2D eigenvalue weighted by Crippen LogP contribution is 2.22. The van der Waals surface area contributed by atoms with Crippen LogP contribution in [0.5, 0.6) is 0 Å². The van der Waals surface area contributed by atoms with Crippen LogP contribution in [-0.2, 0) is 9.84 Å². The van der Waals surface area contributed by atoms with Gasteiger partial charge in [0.1, 0.15) is 21.5 Å². The van der Waals surface area contributed by atoms with Gasteiger partial charge in [-0.15, -0.1) is 0 Å². The average molecular weight is 278 g/mol. The third kappa shape index (κ3) is 5.10. The minimum atomic E-state index is -3.02. The Morgan fingerprint density at radius 2 is 1.94 bits per heavy atom. The standard InChI is InChI=1S/C12H16F2O3S/c1-18(16,17)7-3-2-4-12(15)10-8-9(13)5-6-11(10)14/h5-6,8,12,15H,2-4,7H2,1H3. The minimum absolute atomic E-state index is 0.0331. The van der Waals surface area contributed by atoms with Crippen LogP contribution in [0.25, 0.3) is 0 Å². The molecule has 3 nitrogen and oxygen atoms in total. The number of benzene rings is 1. The van der Waals surface area contributed by atoms with Crippen LogP contribution in [0.4, 0.5) is 8.78 Å². The fraction of sp³-hybridized carbons (Fsp3) is 0.500. The Hall–Kier alpha value is -1.01. The first-order chi connectivity index (χ1) is 8.29. The molecule has 1 N–H and O–H groups in total. The predicted molar refractivity (Wildman–Crippen MR) is 64.9 cm³/mol. The molecule has 0 saturated heterocycles. The monoisotopic (exact) mass is 278 g/mol. The molecule has 0 spiro atoms. The molecule has 0 aromatic heterocycles. The fourth-order valence-corrected chi connectivity index (χ4v) is 2.36. The van der Waals surface area contributed by atoms with Gasteiger partial charge in [0.15, 0.2) is 0 Å². The van der Waals surface area contributed by atoms with E-state index in [4.69, 9.17) is 0 Å². The molecule has 18 heavy (non-hydrogen) atoms. The quantitative estimate of drug-likeness (QED) is 0.812. The molecule has 1 rings (SSSR count). The molecule has 0 radical (unpaired) electrons. The molecular weight excluding hydrogens is 262 g/mol. The normalized spacial score (nSPS) is 13.6. The highest BCUT2D eigenvalue weighted by molar-refractivity contribution is 7.90. The number of halogens is 2. The van der Waals surface area contributed by atoms with E-state index in [1.807, 2.05) is 0 Å². The Balaban J connectivity index is 2.50. The third-order valence-corrected chi connectivity index (χ3v) is 3.59. The minimum Gasteiger partial charge on any atom is -0.388 e. The van der Waals surface area contributed by atoms with Gasteiger partial charge < -0.3 is 5.11 Å². The SMILES string of the molecule is CS(=O)(=O)CCCCC(O)c1cc(F)ccc1F. The van der Waals surface area contributed by atoms with Crippen LogP contribution in [0.1, 0.15) is 30.9 Å². The van der Waals surface area contributed by atoms with E-state index in [9.17, 15) is 22.3 Å². The lowest BCUT2D eigenvalue weighted by atomic mass is 10.0. The van der Waals surface area contributed by atoms with Gasteiger partial charge in [0, 0.05) is 17.6 Å². The van der Waals surface area contributed by atoms with Gasteiger partial charge in [0.05, 0.1) is 6.10 Å². The van der Waals surface area contributed by atoms with Crippen molar-refractivity contribution in [3.05, 3.63) is 35.4 Å². The van der Waals surface area contributed by atoms with Crippen LogP contribution in [0, 0.1) is 11.6 Å². The van der Waals surface area contributed by atoms with Crippen LogP contribution >= 0.6 is 0 Å². The van der Waals surface area contributed by atoms with Crippen molar-refractivity contribution in [2.45, 2.75) is 25.4 Å². The number of rotatable bonds is 6. The molecule has 6 heteroatoms. The summed E-state index contributed by atoms with van der Waals surface area (Å²) in [5.41, 5.74) is -0.0886. The Morgan fingerprint density at radius 3 is 2.56 bits per heavy atom. The summed E-state index contributed by atoms with van der Waals surface area (Å²) in [5, 5.41) is 9.70. The van der Waals surface area contributed by atoms with Gasteiger partial charge in [-0.2, -0.15) is 0 Å². The first-order valence-electron chi connectivity index (χ1n) is 5.60. The van der Waals surface area contributed by atoms with Gasteiger partial charge in [-0.3, -0.25) is 0 Å². The van der Waals surface area contributed by atoms with E-state index in [1.54, 1.807) is 0 Å². The summed E-state index contributed by atoms with van der Waals surface area (Å²) >= 11 is 0. The third-order valence-electron chi connectivity index (χ3n) is 2.56. The lowest BCUT2D eigenvalue weighted by Gasteiger charge is -2.11. The highest BCUT2D eigenvalue weighted by Gasteiger charge is 2.14. The molecule has 102 valence electrons. The van der Waals surface area contributed by atoms with Gasteiger partial charge in [-0.1, -0.05) is 0 Å². The molecule has 1 unspecified atom stereocenters. The number of hydrogen-bond donors (Lipinski definition) is 1. The Labute approximate surface area is 105 Å². The van der Waals surface area contributed by atoms with E-state index < -0.39 is 27.6 Å². The molecule has 0 aliphatic heterocycles. The number of unbranched alkanes of at least 4 members (excludes halogenated alkanes) is 1. The summed E-state index contributed by atoms with van der Waals surface area (Å²) in [4.78, 5) is 0. The van der Waals surface area contributed by atoms with Gasteiger partial charge in [-0.25, -0.2) is 17.2 Å². The topological polar surface area (TPSA) is 54.4 Å². The molecule has 0 amide bonds. The molecule has 1 aromatic rings. The molecular formula is C12H16F2O3S. The molecule has 0 bridgehead atoms. The lowest BCUT2D eigenvalue weighted by Crippen LogP contribution is -2.05. The summed E-state index contributed by atoms with van der Waals surface area (Å²) < 4.78 is 47.9. The summed E-state index contributed by atoms with van der Waals surface area (Å²) in [7, 11) is -3.02.